The van der Waals surface area contributed by atoms with Crippen LogP contribution in [-0.2, 0) is 14.3 Å². The Balaban J connectivity index is 1.95. The van der Waals surface area contributed by atoms with E-state index in [9.17, 15) is 8.42 Å². The second kappa shape index (κ2) is 9.72. The first-order chi connectivity index (χ1) is 12.0. The van der Waals surface area contributed by atoms with Gasteiger partial charge in [-0.05, 0) is 49.7 Å². The van der Waals surface area contributed by atoms with Crippen molar-refractivity contribution in [1.29, 1.82) is 0 Å². The van der Waals surface area contributed by atoms with E-state index >= 15 is 0 Å². The summed E-state index contributed by atoms with van der Waals surface area (Å²) in [7, 11) is -3.64. The van der Waals surface area contributed by atoms with Crippen LogP contribution in [0.3, 0.4) is 0 Å². The molecular formula is C21H34O3S. The van der Waals surface area contributed by atoms with Crippen LogP contribution in [0.5, 0.6) is 0 Å². The Kier molecular flexibility index (Phi) is 7.95. The number of hydrogen-bond donors (Lipinski definition) is 0. The van der Waals surface area contributed by atoms with E-state index in [4.69, 9.17) is 4.18 Å². The van der Waals surface area contributed by atoms with Crippen molar-refractivity contribution in [2.45, 2.75) is 77.0 Å². The maximum atomic E-state index is 12.4. The molecule has 1 saturated carbocycles. The predicted molar refractivity (Wildman–Crippen MR) is 103 cm³/mol. The molecule has 1 fully saturated rings. The molecule has 3 unspecified atom stereocenters. The maximum absolute atomic E-state index is 12.4. The van der Waals surface area contributed by atoms with Gasteiger partial charge in [0.2, 0.25) is 0 Å². The first-order valence-corrected chi connectivity index (χ1v) is 11.3. The van der Waals surface area contributed by atoms with Crippen LogP contribution in [0.1, 0.15) is 70.8 Å². The van der Waals surface area contributed by atoms with Crippen LogP contribution in [-0.4, -0.2) is 15.0 Å². The van der Waals surface area contributed by atoms with Crippen LogP contribution in [0, 0.1) is 24.7 Å². The largest absolute Gasteiger partial charge is 0.296 e. The lowest BCUT2D eigenvalue weighted by molar-refractivity contribution is 0.167. The fourth-order valence-corrected chi connectivity index (χ4v) is 5.18. The molecule has 0 radical (unpaired) electrons. The molecule has 0 aliphatic heterocycles. The van der Waals surface area contributed by atoms with Gasteiger partial charge in [-0.25, -0.2) is 0 Å². The van der Waals surface area contributed by atoms with Gasteiger partial charge in [-0.15, -0.1) is 0 Å². The number of hydrogen-bond acceptors (Lipinski definition) is 3. The van der Waals surface area contributed by atoms with Gasteiger partial charge < -0.3 is 0 Å². The normalized spacial score (nSPS) is 22.2. The Morgan fingerprint density at radius 1 is 1.12 bits per heavy atom. The minimum Gasteiger partial charge on any atom is -0.266 e. The summed E-state index contributed by atoms with van der Waals surface area (Å²) in [6, 6.07) is 6.90. The summed E-state index contributed by atoms with van der Waals surface area (Å²) < 4.78 is 30.3. The molecule has 4 heteroatoms. The van der Waals surface area contributed by atoms with E-state index in [1.807, 2.05) is 19.1 Å². The molecule has 3 atom stereocenters. The van der Waals surface area contributed by atoms with Crippen LogP contribution < -0.4 is 0 Å². The summed E-state index contributed by atoms with van der Waals surface area (Å²) in [6.45, 7) is 6.80. The molecule has 25 heavy (non-hydrogen) atoms. The molecular weight excluding hydrogens is 332 g/mol. The van der Waals surface area contributed by atoms with Gasteiger partial charge in [-0.1, -0.05) is 70.1 Å². The van der Waals surface area contributed by atoms with E-state index in [2.05, 4.69) is 13.8 Å². The zero-order valence-electron chi connectivity index (χ0n) is 16.0. The summed E-state index contributed by atoms with van der Waals surface area (Å²) in [4.78, 5) is 0.266. The van der Waals surface area contributed by atoms with E-state index < -0.39 is 10.1 Å². The smallest absolute Gasteiger partial charge is 0.266 e. The summed E-state index contributed by atoms with van der Waals surface area (Å²) in [5, 5.41) is 0. The van der Waals surface area contributed by atoms with Gasteiger partial charge in [-0.2, -0.15) is 8.42 Å². The van der Waals surface area contributed by atoms with Gasteiger partial charge in [0.05, 0.1) is 11.5 Å². The van der Waals surface area contributed by atoms with Gasteiger partial charge >= 0.3 is 0 Å². The average Bonchev–Trinajstić information content (AvgIpc) is 3.06. The molecule has 0 aromatic heterocycles. The number of rotatable bonds is 10. The molecule has 0 N–H and O–H groups in total. The molecule has 0 amide bonds. The van der Waals surface area contributed by atoms with Crippen molar-refractivity contribution in [1.82, 2.24) is 0 Å². The highest BCUT2D eigenvalue weighted by Crippen LogP contribution is 2.41. The molecule has 1 aromatic carbocycles. The zero-order valence-corrected chi connectivity index (χ0v) is 16.9. The quantitative estimate of drug-likeness (QED) is 0.393. The first-order valence-electron chi connectivity index (χ1n) is 9.94. The van der Waals surface area contributed by atoms with Crippen LogP contribution in [0.15, 0.2) is 29.2 Å². The minimum absolute atomic E-state index is 0.266. The van der Waals surface area contributed by atoms with Crippen LogP contribution in [0.25, 0.3) is 0 Å². The lowest BCUT2D eigenvalue weighted by atomic mass is 9.80. The van der Waals surface area contributed by atoms with Crippen molar-refractivity contribution in [2.75, 3.05) is 6.61 Å². The molecule has 0 saturated heterocycles. The van der Waals surface area contributed by atoms with E-state index in [-0.39, 0.29) is 4.90 Å². The number of unbranched alkanes of at least 4 members (excludes halogenated alkanes) is 2. The molecule has 1 aromatic rings. The lowest BCUT2D eigenvalue weighted by Crippen LogP contribution is -2.24. The van der Waals surface area contributed by atoms with Crippen LogP contribution in [0.4, 0.5) is 0 Å². The Bertz CT molecular complexity index is 607. The first kappa shape index (κ1) is 20.4. The molecule has 0 heterocycles. The Hall–Kier alpha value is -0.870. The summed E-state index contributed by atoms with van der Waals surface area (Å²) in [5.74, 6) is 1.71. The van der Waals surface area contributed by atoms with Crippen molar-refractivity contribution in [3.63, 3.8) is 0 Å². The summed E-state index contributed by atoms with van der Waals surface area (Å²) >= 11 is 0. The number of benzene rings is 1. The summed E-state index contributed by atoms with van der Waals surface area (Å²) in [6.07, 6.45) is 9.83. The third-order valence-electron chi connectivity index (χ3n) is 5.77. The molecule has 3 nitrogen and oxygen atoms in total. The zero-order chi connectivity index (χ0) is 18.3. The van der Waals surface area contributed by atoms with E-state index in [0.29, 0.717) is 24.4 Å². The third-order valence-corrected chi connectivity index (χ3v) is 7.07. The van der Waals surface area contributed by atoms with Crippen molar-refractivity contribution in [3.8, 4) is 0 Å². The van der Waals surface area contributed by atoms with Gasteiger partial charge in [0.1, 0.15) is 0 Å². The predicted octanol–water partition coefficient (Wildman–Crippen LogP) is 5.72. The van der Waals surface area contributed by atoms with Crippen molar-refractivity contribution in [2.24, 2.45) is 17.8 Å². The lowest BCUT2D eigenvalue weighted by Gasteiger charge is -2.28. The maximum Gasteiger partial charge on any atom is 0.296 e. The standard InChI is InChI=1S/C21H34O3S/c1-4-6-7-9-18(5-2)21-11-8-10-19(21)16-24-25(22,23)20-14-12-17(3)13-15-20/h12-15,18-19,21H,4-11,16H2,1-3H3. The second-order valence-corrected chi connectivity index (χ2v) is 9.19. The Labute approximate surface area is 154 Å². The fraction of sp³-hybridized carbons (Fsp3) is 0.714. The van der Waals surface area contributed by atoms with E-state index in [1.54, 1.807) is 12.1 Å². The van der Waals surface area contributed by atoms with Crippen molar-refractivity contribution in [3.05, 3.63) is 29.8 Å². The highest BCUT2D eigenvalue weighted by Gasteiger charge is 2.33. The molecule has 0 bridgehead atoms. The number of aryl methyl sites for hydroxylation is 1. The monoisotopic (exact) mass is 366 g/mol. The van der Waals surface area contributed by atoms with Crippen LogP contribution in [0.2, 0.25) is 0 Å². The summed E-state index contributed by atoms with van der Waals surface area (Å²) in [5.41, 5.74) is 1.05. The SMILES string of the molecule is CCCCCC(CC)C1CCCC1COS(=O)(=O)c1ccc(C)cc1. The second-order valence-electron chi connectivity index (χ2n) is 7.57. The molecule has 0 spiro atoms. The molecule has 1 aliphatic rings. The molecule has 1 aliphatic carbocycles. The topological polar surface area (TPSA) is 43.4 Å². The van der Waals surface area contributed by atoms with Gasteiger partial charge in [0.15, 0.2) is 0 Å². The average molecular weight is 367 g/mol. The van der Waals surface area contributed by atoms with Crippen molar-refractivity contribution >= 4 is 10.1 Å². The highest BCUT2D eigenvalue weighted by molar-refractivity contribution is 7.86. The van der Waals surface area contributed by atoms with Gasteiger partial charge in [0.25, 0.3) is 10.1 Å². The van der Waals surface area contributed by atoms with E-state index in [1.165, 1.54) is 44.9 Å². The fourth-order valence-electron chi connectivity index (χ4n) is 4.22. The van der Waals surface area contributed by atoms with E-state index in [0.717, 1.165) is 12.0 Å². The van der Waals surface area contributed by atoms with Gasteiger partial charge in [0, 0.05) is 0 Å². The van der Waals surface area contributed by atoms with Crippen LogP contribution >= 0.6 is 0 Å². The third kappa shape index (κ3) is 5.82. The Morgan fingerprint density at radius 3 is 2.48 bits per heavy atom. The minimum atomic E-state index is -3.64. The molecule has 142 valence electrons. The van der Waals surface area contributed by atoms with Crippen molar-refractivity contribution < 1.29 is 12.6 Å². The molecule has 2 rings (SSSR count). The van der Waals surface area contributed by atoms with Gasteiger partial charge in [-0.3, -0.25) is 4.18 Å². The highest BCUT2D eigenvalue weighted by atomic mass is 32.2. The Morgan fingerprint density at radius 2 is 1.84 bits per heavy atom.